The van der Waals surface area contributed by atoms with Gasteiger partial charge in [-0.25, -0.2) is 22.8 Å². The highest BCUT2D eigenvalue weighted by Crippen LogP contribution is 2.40. The largest absolute Gasteiger partial charge is 0.494 e. The van der Waals surface area contributed by atoms with Crippen molar-refractivity contribution in [3.8, 4) is 11.5 Å². The lowest BCUT2D eigenvalue weighted by atomic mass is 10.1. The summed E-state index contributed by atoms with van der Waals surface area (Å²) in [4.78, 5) is 9.49. The molecular formula is C24H35FN8O4S. The average molecular weight is 551 g/mol. The minimum Gasteiger partial charge on any atom is -0.494 e. The van der Waals surface area contributed by atoms with Crippen LogP contribution >= 0.6 is 0 Å². The van der Waals surface area contributed by atoms with E-state index in [2.05, 4.69) is 30.3 Å². The van der Waals surface area contributed by atoms with Crippen LogP contribution in [0.3, 0.4) is 0 Å². The SMILES string of the molecule is CC.COc1cccc(OC)c1N1C(c2ccn(C)n2)=NNC1NS(=O)(=O)[C@H](C)[C@@H](C)c1ncc(F)cn1.[HH]. The molecule has 0 aliphatic carbocycles. The number of aromatic nitrogens is 4. The van der Waals surface area contributed by atoms with Gasteiger partial charge >= 0.3 is 0 Å². The zero-order valence-electron chi connectivity index (χ0n) is 22.4. The van der Waals surface area contributed by atoms with E-state index in [1.54, 1.807) is 54.0 Å². The molecule has 4 rings (SSSR count). The number of ether oxygens (including phenoxy) is 2. The van der Waals surface area contributed by atoms with Crippen LogP contribution in [0.5, 0.6) is 11.5 Å². The lowest BCUT2D eigenvalue weighted by Gasteiger charge is -2.31. The molecule has 3 atom stereocenters. The van der Waals surface area contributed by atoms with Crippen molar-refractivity contribution in [2.75, 3.05) is 19.1 Å². The molecular weight excluding hydrogens is 515 g/mol. The van der Waals surface area contributed by atoms with Crippen LogP contribution in [0.1, 0.15) is 46.6 Å². The van der Waals surface area contributed by atoms with Crippen LogP contribution in [0.15, 0.2) is 48.0 Å². The van der Waals surface area contributed by atoms with Gasteiger partial charge in [-0.2, -0.15) is 14.9 Å². The molecule has 2 N–H and O–H groups in total. The first-order chi connectivity index (χ1) is 18.2. The third-order valence-corrected chi connectivity index (χ3v) is 7.82. The smallest absolute Gasteiger partial charge is 0.218 e. The van der Waals surface area contributed by atoms with Gasteiger partial charge in [0.25, 0.3) is 0 Å². The normalized spacial score (nSPS) is 16.6. The molecule has 38 heavy (non-hydrogen) atoms. The predicted molar refractivity (Wildman–Crippen MR) is 144 cm³/mol. The second-order valence-corrected chi connectivity index (χ2v) is 10.2. The van der Waals surface area contributed by atoms with Crippen molar-refractivity contribution in [2.45, 2.75) is 45.2 Å². The number of nitrogens with zero attached hydrogens (tertiary/aromatic N) is 6. The number of nitrogens with one attached hydrogen (secondary N) is 2. The van der Waals surface area contributed by atoms with E-state index in [0.29, 0.717) is 28.7 Å². The number of hydrogen-bond acceptors (Lipinski definition) is 10. The fourth-order valence-electron chi connectivity index (χ4n) is 3.75. The Morgan fingerprint density at radius 3 is 2.24 bits per heavy atom. The number of para-hydroxylation sites is 1. The number of methoxy groups -OCH3 is 2. The van der Waals surface area contributed by atoms with Crippen LogP contribution in [0.25, 0.3) is 0 Å². The van der Waals surface area contributed by atoms with Gasteiger partial charge in [0.05, 0.1) is 31.9 Å². The Balaban J connectivity index is 0.00000174. The fraction of sp³-hybridized carbons (Fsp3) is 0.417. The Morgan fingerprint density at radius 2 is 1.71 bits per heavy atom. The zero-order chi connectivity index (χ0) is 28.0. The number of sulfonamides is 1. The maximum absolute atomic E-state index is 13.5. The summed E-state index contributed by atoms with van der Waals surface area (Å²) in [5.74, 6) is 0.209. The second-order valence-electron chi connectivity index (χ2n) is 8.14. The number of anilines is 1. The molecule has 0 fully saturated rings. The summed E-state index contributed by atoms with van der Waals surface area (Å²) in [6.45, 7) is 7.19. The summed E-state index contributed by atoms with van der Waals surface area (Å²) < 4.78 is 55.6. The molecule has 208 valence electrons. The molecule has 1 aliphatic rings. The highest BCUT2D eigenvalue weighted by molar-refractivity contribution is 7.90. The van der Waals surface area contributed by atoms with Crippen molar-refractivity contribution >= 4 is 21.5 Å². The van der Waals surface area contributed by atoms with Crippen LogP contribution in [0.4, 0.5) is 10.1 Å². The first kappa shape index (κ1) is 28.8. The van der Waals surface area contributed by atoms with Crippen LogP contribution in [0.2, 0.25) is 0 Å². The Bertz CT molecular complexity index is 1350. The van der Waals surface area contributed by atoms with Crippen molar-refractivity contribution in [2.24, 2.45) is 12.1 Å². The Kier molecular flexibility index (Phi) is 9.22. The number of benzene rings is 1. The highest BCUT2D eigenvalue weighted by atomic mass is 32.2. The molecule has 12 nitrogen and oxygen atoms in total. The van der Waals surface area contributed by atoms with E-state index in [0.717, 1.165) is 12.4 Å². The summed E-state index contributed by atoms with van der Waals surface area (Å²) in [5.41, 5.74) is 3.80. The number of halogens is 1. The van der Waals surface area contributed by atoms with Gasteiger partial charge in [0, 0.05) is 20.6 Å². The number of rotatable bonds is 9. The fourth-order valence-corrected chi connectivity index (χ4v) is 5.10. The summed E-state index contributed by atoms with van der Waals surface area (Å²) in [7, 11) is 0.785. The van der Waals surface area contributed by atoms with Gasteiger partial charge in [0.15, 0.2) is 17.9 Å². The molecule has 1 aliphatic heterocycles. The minimum atomic E-state index is -3.99. The minimum absolute atomic E-state index is 0. The highest BCUT2D eigenvalue weighted by Gasteiger charge is 2.40. The summed E-state index contributed by atoms with van der Waals surface area (Å²) in [6.07, 6.45) is 2.72. The number of hydrazone groups is 1. The Hall–Kier alpha value is -3.78. The molecule has 0 spiro atoms. The van der Waals surface area contributed by atoms with Gasteiger partial charge in [-0.3, -0.25) is 15.0 Å². The molecule has 0 amide bonds. The number of amidine groups is 1. The topological polar surface area (TPSA) is 136 Å². The number of hydrogen-bond donors (Lipinski definition) is 2. The van der Waals surface area contributed by atoms with Gasteiger partial charge in [0.2, 0.25) is 10.0 Å². The summed E-state index contributed by atoms with van der Waals surface area (Å²) in [5, 5.41) is 7.83. The van der Waals surface area contributed by atoms with E-state index >= 15 is 0 Å². The Morgan fingerprint density at radius 1 is 1.11 bits per heavy atom. The lowest BCUT2D eigenvalue weighted by molar-refractivity contribution is 0.392. The average Bonchev–Trinajstić information content (AvgIpc) is 3.54. The maximum Gasteiger partial charge on any atom is 0.218 e. The molecule has 3 aromatic rings. The molecule has 14 heteroatoms. The van der Waals surface area contributed by atoms with Crippen molar-refractivity contribution < 1.29 is 23.7 Å². The lowest BCUT2D eigenvalue weighted by Crippen LogP contribution is -2.55. The van der Waals surface area contributed by atoms with Gasteiger partial charge < -0.3 is 9.47 Å². The zero-order valence-corrected chi connectivity index (χ0v) is 23.2. The van der Waals surface area contributed by atoms with Crippen LogP contribution in [-0.2, 0) is 17.1 Å². The van der Waals surface area contributed by atoms with Crippen LogP contribution < -0.4 is 24.5 Å². The molecule has 0 bridgehead atoms. The standard InChI is InChI=1S/C22H27FN8O4S.C2H6.H2/c1-13(20-24-11-15(23)12-25-20)14(2)36(32,33)29-22-27-26-21(16-9-10-30(3)28-16)31(22)19-17(34-4)7-6-8-18(19)35-5;1-2;/h6-14,22,27,29H,1-5H3;1-2H3;1H/t13-,14-,22?;;/m1../s1. The molecule has 0 radical (unpaired) electrons. The molecule has 1 unspecified atom stereocenters. The molecule has 2 aromatic heterocycles. The molecule has 0 saturated heterocycles. The predicted octanol–water partition coefficient (Wildman–Crippen LogP) is 2.81. The quantitative estimate of drug-likeness (QED) is 0.412. The van der Waals surface area contributed by atoms with Gasteiger partial charge in [-0.05, 0) is 25.1 Å². The van der Waals surface area contributed by atoms with Crippen molar-refractivity contribution in [1.29, 1.82) is 0 Å². The van der Waals surface area contributed by atoms with E-state index in [1.165, 1.54) is 21.1 Å². The molecule has 3 heterocycles. The maximum atomic E-state index is 13.5. The summed E-state index contributed by atoms with van der Waals surface area (Å²) >= 11 is 0. The third-order valence-electron chi connectivity index (χ3n) is 5.88. The van der Waals surface area contributed by atoms with Crippen molar-refractivity contribution in [1.82, 2.24) is 29.9 Å². The summed E-state index contributed by atoms with van der Waals surface area (Å²) in [6, 6.07) is 6.97. The first-order valence-electron chi connectivity index (χ1n) is 12.0. The van der Waals surface area contributed by atoms with E-state index < -0.39 is 33.3 Å². The van der Waals surface area contributed by atoms with E-state index in [4.69, 9.17) is 9.47 Å². The van der Waals surface area contributed by atoms with Gasteiger partial charge in [-0.15, -0.1) is 0 Å². The third kappa shape index (κ3) is 5.86. The monoisotopic (exact) mass is 550 g/mol. The van der Waals surface area contributed by atoms with E-state index in [9.17, 15) is 12.8 Å². The molecule has 1 aromatic carbocycles. The Labute approximate surface area is 223 Å². The number of aryl methyl sites for hydroxylation is 1. The van der Waals surface area contributed by atoms with Crippen LogP contribution in [-0.4, -0.2) is 59.8 Å². The molecule has 0 saturated carbocycles. The van der Waals surface area contributed by atoms with E-state index in [-0.39, 0.29) is 7.25 Å². The van der Waals surface area contributed by atoms with E-state index in [1.807, 2.05) is 13.8 Å². The van der Waals surface area contributed by atoms with Gasteiger partial charge in [-0.1, -0.05) is 26.8 Å². The second kappa shape index (κ2) is 12.2. The van der Waals surface area contributed by atoms with Crippen molar-refractivity contribution in [3.05, 3.63) is 60.2 Å². The van der Waals surface area contributed by atoms with Crippen molar-refractivity contribution in [3.63, 3.8) is 0 Å². The first-order valence-corrected chi connectivity index (χ1v) is 13.5. The van der Waals surface area contributed by atoms with Crippen LogP contribution in [0, 0.1) is 5.82 Å². The van der Waals surface area contributed by atoms with Gasteiger partial charge in [0.1, 0.15) is 28.7 Å².